The van der Waals surface area contributed by atoms with Gasteiger partial charge in [0.2, 0.25) is 6.33 Å². The summed E-state index contributed by atoms with van der Waals surface area (Å²) in [7, 11) is 0. The molecule has 1 rings (SSSR count). The van der Waals surface area contributed by atoms with Gasteiger partial charge in [0.05, 0.1) is 12.8 Å². The minimum atomic E-state index is -0.227. The van der Waals surface area contributed by atoms with Crippen molar-refractivity contribution in [3.63, 3.8) is 0 Å². The molecule has 0 saturated heterocycles. The number of hydrogen-bond acceptors (Lipinski definition) is 2. The predicted octanol–water partition coefficient (Wildman–Crippen LogP) is 0.439. The molecule has 1 heterocycles. The van der Waals surface area contributed by atoms with Crippen molar-refractivity contribution in [1.29, 1.82) is 0 Å². The van der Waals surface area contributed by atoms with Crippen LogP contribution in [-0.2, 0) is 16.1 Å². The van der Waals surface area contributed by atoms with Crippen molar-refractivity contribution >= 4 is 12.2 Å². The minimum Gasteiger partial charge on any atom is -0.463 e. The van der Waals surface area contributed by atoms with Crippen molar-refractivity contribution in [2.75, 3.05) is 6.61 Å². The number of hydrogen-bond donors (Lipinski definition) is 0. The van der Waals surface area contributed by atoms with E-state index in [2.05, 4.69) is 6.58 Å². The summed E-state index contributed by atoms with van der Waals surface area (Å²) in [5, 5.41) is 0. The fraction of sp³-hybridized carbons (Fsp3) is 0.333. The van der Waals surface area contributed by atoms with Crippen molar-refractivity contribution in [2.45, 2.75) is 13.5 Å². The van der Waals surface area contributed by atoms with Crippen LogP contribution in [0.15, 0.2) is 25.3 Å². The number of nitrogens with zero attached hydrogens (tertiary/aromatic N) is 2. The zero-order valence-corrected chi connectivity index (χ0v) is 7.64. The minimum absolute atomic E-state index is 0.227. The third-order valence-corrected chi connectivity index (χ3v) is 1.54. The number of ether oxygens (including phenoxy) is 1. The van der Waals surface area contributed by atoms with Crippen LogP contribution in [0.25, 0.3) is 6.20 Å². The maximum atomic E-state index is 11.0. The number of esters is 1. The third-order valence-electron chi connectivity index (χ3n) is 1.54. The Hall–Kier alpha value is -1.58. The molecule has 0 radical (unpaired) electrons. The Kier molecular flexibility index (Phi) is 3.25. The second kappa shape index (κ2) is 4.45. The normalized spacial score (nSPS) is 9.62. The molecule has 4 heteroatoms. The first-order valence-corrected chi connectivity index (χ1v) is 4.11. The molecular weight excluding hydrogens is 168 g/mol. The van der Waals surface area contributed by atoms with Gasteiger partial charge in [0.1, 0.15) is 12.4 Å². The summed E-state index contributed by atoms with van der Waals surface area (Å²) < 4.78 is 8.29. The first-order valence-electron chi connectivity index (χ1n) is 4.11. The summed E-state index contributed by atoms with van der Waals surface area (Å²) in [5.74, 6) is -0.227. The molecule has 1 aromatic rings. The van der Waals surface area contributed by atoms with Crippen LogP contribution in [0.3, 0.4) is 0 Å². The molecule has 0 bridgehead atoms. The molecule has 1 aromatic heterocycles. The molecule has 70 valence electrons. The first kappa shape index (κ1) is 9.51. The Balaban J connectivity index is 2.53. The molecule has 0 aliphatic rings. The Morgan fingerprint density at radius 3 is 3.08 bits per heavy atom. The standard InChI is InChI=1S/C9H13N2O2/c1-3-10-5-6-11(8-10)7-9(12)13-4-2/h3,5-6,8H,1,4,7H2,2H3/q+1. The van der Waals surface area contributed by atoms with Gasteiger partial charge in [0.15, 0.2) is 6.54 Å². The van der Waals surface area contributed by atoms with Crippen molar-refractivity contribution in [1.82, 2.24) is 4.57 Å². The highest BCUT2D eigenvalue weighted by molar-refractivity contribution is 5.67. The second-order valence-electron chi connectivity index (χ2n) is 2.52. The quantitative estimate of drug-likeness (QED) is 0.499. The van der Waals surface area contributed by atoms with E-state index in [4.69, 9.17) is 4.74 Å². The van der Waals surface area contributed by atoms with Gasteiger partial charge in [-0.3, -0.25) is 0 Å². The molecule has 0 amide bonds. The SMILES string of the molecule is C=Cn1cc[n+](CC(=O)OCC)c1. The Labute approximate surface area is 77.1 Å². The van der Waals surface area contributed by atoms with E-state index in [-0.39, 0.29) is 12.5 Å². The van der Waals surface area contributed by atoms with Crippen LogP contribution >= 0.6 is 0 Å². The highest BCUT2D eigenvalue weighted by Crippen LogP contribution is 1.84. The number of imidazole rings is 1. The Bertz CT molecular complexity index is 304. The molecule has 0 aromatic carbocycles. The fourth-order valence-electron chi connectivity index (χ4n) is 0.968. The maximum Gasteiger partial charge on any atom is 0.348 e. The van der Waals surface area contributed by atoms with E-state index in [0.717, 1.165) is 0 Å². The van der Waals surface area contributed by atoms with Crippen LogP contribution in [0.5, 0.6) is 0 Å². The van der Waals surface area contributed by atoms with E-state index in [0.29, 0.717) is 6.61 Å². The van der Waals surface area contributed by atoms with Gasteiger partial charge < -0.3 is 4.74 Å². The van der Waals surface area contributed by atoms with Crippen molar-refractivity contribution in [3.8, 4) is 0 Å². The number of carbonyl (C=O) groups is 1. The molecule has 0 fully saturated rings. The molecule has 0 spiro atoms. The van der Waals surface area contributed by atoms with E-state index in [1.165, 1.54) is 0 Å². The van der Waals surface area contributed by atoms with Gasteiger partial charge in [-0.15, -0.1) is 0 Å². The van der Waals surface area contributed by atoms with E-state index in [9.17, 15) is 4.79 Å². The van der Waals surface area contributed by atoms with Gasteiger partial charge in [0, 0.05) is 0 Å². The van der Waals surface area contributed by atoms with Crippen LogP contribution < -0.4 is 4.57 Å². The van der Waals surface area contributed by atoms with Crippen molar-refractivity contribution < 1.29 is 14.1 Å². The average molecular weight is 181 g/mol. The summed E-state index contributed by atoms with van der Waals surface area (Å²) in [5.41, 5.74) is 0. The molecule has 0 unspecified atom stereocenters. The van der Waals surface area contributed by atoms with Gasteiger partial charge in [-0.1, -0.05) is 6.58 Å². The summed E-state index contributed by atoms with van der Waals surface area (Å²) in [6.45, 7) is 6.05. The summed E-state index contributed by atoms with van der Waals surface area (Å²) in [4.78, 5) is 11.0. The smallest absolute Gasteiger partial charge is 0.348 e. The van der Waals surface area contributed by atoms with Crippen LogP contribution in [-0.4, -0.2) is 17.1 Å². The Morgan fingerprint density at radius 1 is 1.77 bits per heavy atom. The molecule has 0 atom stereocenters. The molecule has 0 saturated carbocycles. The molecular formula is C9H13N2O2+. The van der Waals surface area contributed by atoms with Crippen molar-refractivity contribution in [2.24, 2.45) is 0 Å². The van der Waals surface area contributed by atoms with E-state index in [1.54, 1.807) is 34.8 Å². The van der Waals surface area contributed by atoms with Crippen LogP contribution in [0, 0.1) is 0 Å². The van der Waals surface area contributed by atoms with Crippen LogP contribution in [0.1, 0.15) is 6.92 Å². The molecule has 4 nitrogen and oxygen atoms in total. The molecule has 0 aliphatic heterocycles. The molecule has 0 N–H and O–H groups in total. The van der Waals surface area contributed by atoms with Crippen LogP contribution in [0.2, 0.25) is 0 Å². The van der Waals surface area contributed by atoms with Gasteiger partial charge in [0.25, 0.3) is 0 Å². The highest BCUT2D eigenvalue weighted by Gasteiger charge is 2.07. The second-order valence-corrected chi connectivity index (χ2v) is 2.52. The largest absolute Gasteiger partial charge is 0.463 e. The number of aromatic nitrogens is 2. The van der Waals surface area contributed by atoms with Crippen molar-refractivity contribution in [3.05, 3.63) is 25.3 Å². The molecule has 0 aliphatic carbocycles. The lowest BCUT2D eigenvalue weighted by Gasteiger charge is -1.97. The van der Waals surface area contributed by atoms with E-state index < -0.39 is 0 Å². The lowest BCUT2D eigenvalue weighted by atomic mass is 10.6. The lowest BCUT2D eigenvalue weighted by molar-refractivity contribution is -0.685. The van der Waals surface area contributed by atoms with Gasteiger partial charge in [-0.25, -0.2) is 13.9 Å². The van der Waals surface area contributed by atoms with Crippen LogP contribution in [0.4, 0.5) is 0 Å². The average Bonchev–Trinajstić information content (AvgIpc) is 2.52. The Morgan fingerprint density at radius 2 is 2.54 bits per heavy atom. The fourth-order valence-corrected chi connectivity index (χ4v) is 0.968. The van der Waals surface area contributed by atoms with Gasteiger partial charge in [-0.2, -0.15) is 0 Å². The van der Waals surface area contributed by atoms with E-state index >= 15 is 0 Å². The zero-order chi connectivity index (χ0) is 9.68. The lowest BCUT2D eigenvalue weighted by Crippen LogP contribution is -2.36. The summed E-state index contributed by atoms with van der Waals surface area (Å²) in [6.07, 6.45) is 7.02. The summed E-state index contributed by atoms with van der Waals surface area (Å²) in [6, 6.07) is 0. The zero-order valence-electron chi connectivity index (χ0n) is 7.64. The predicted molar refractivity (Wildman–Crippen MR) is 47.6 cm³/mol. The highest BCUT2D eigenvalue weighted by atomic mass is 16.5. The first-order chi connectivity index (χ1) is 6.26. The third kappa shape index (κ3) is 2.74. The maximum absolute atomic E-state index is 11.0. The number of rotatable bonds is 4. The number of carbonyl (C=O) groups excluding carboxylic acids is 1. The molecule has 13 heavy (non-hydrogen) atoms. The summed E-state index contributed by atoms with van der Waals surface area (Å²) >= 11 is 0. The van der Waals surface area contributed by atoms with E-state index in [1.807, 2.05) is 6.20 Å². The van der Waals surface area contributed by atoms with Gasteiger partial charge in [-0.05, 0) is 6.92 Å². The monoisotopic (exact) mass is 181 g/mol. The van der Waals surface area contributed by atoms with Gasteiger partial charge >= 0.3 is 5.97 Å². The topological polar surface area (TPSA) is 35.1 Å².